The third kappa shape index (κ3) is 8.27. The lowest BCUT2D eigenvalue weighted by atomic mass is 10.1. The van der Waals surface area contributed by atoms with Gasteiger partial charge in [0, 0.05) is 16.7 Å². The van der Waals surface area contributed by atoms with Gasteiger partial charge in [-0.25, -0.2) is 4.39 Å². The molecule has 1 aromatic carbocycles. The first kappa shape index (κ1) is 16.5. The highest BCUT2D eigenvalue weighted by Gasteiger charge is 2.04. The number of thioether (sulfide) groups is 1. The molecule has 1 atom stereocenters. The molecular formula is C16H26FNS. The molecule has 0 aliphatic heterocycles. The molecule has 0 heterocycles. The summed E-state index contributed by atoms with van der Waals surface area (Å²) in [6.45, 7) is 2.24. The summed E-state index contributed by atoms with van der Waals surface area (Å²) in [5.74, 6) is 0.702. The zero-order chi connectivity index (χ0) is 13.9. The normalized spacial score (nSPS) is 12.6. The maximum absolute atomic E-state index is 13.0. The minimum absolute atomic E-state index is 0.172. The maximum atomic E-state index is 13.0. The number of unbranched alkanes of at least 4 members (excludes halogenated alkanes) is 5. The van der Waals surface area contributed by atoms with Crippen LogP contribution in [0, 0.1) is 5.82 Å². The van der Waals surface area contributed by atoms with Crippen LogP contribution in [0.25, 0.3) is 0 Å². The molecule has 0 saturated heterocycles. The summed E-state index contributed by atoms with van der Waals surface area (Å²) in [6, 6.07) is 6.95. The Balaban J connectivity index is 2.06. The SMILES string of the molecule is CCCCCCCCC(N)CSc1cccc(F)c1. The Kier molecular flexibility index (Phi) is 8.93. The minimum Gasteiger partial charge on any atom is -0.327 e. The van der Waals surface area contributed by atoms with Crippen molar-refractivity contribution in [3.05, 3.63) is 30.1 Å². The third-order valence-corrected chi connectivity index (χ3v) is 4.37. The van der Waals surface area contributed by atoms with E-state index in [0.29, 0.717) is 0 Å². The topological polar surface area (TPSA) is 26.0 Å². The molecule has 0 bridgehead atoms. The van der Waals surface area contributed by atoms with Crippen molar-refractivity contribution in [2.75, 3.05) is 5.75 Å². The average Bonchev–Trinajstić information content (AvgIpc) is 2.40. The molecule has 0 saturated carbocycles. The van der Waals surface area contributed by atoms with Crippen molar-refractivity contribution in [1.29, 1.82) is 0 Å². The second-order valence-corrected chi connectivity index (χ2v) is 6.18. The summed E-state index contributed by atoms with van der Waals surface area (Å²) >= 11 is 1.65. The van der Waals surface area contributed by atoms with E-state index < -0.39 is 0 Å². The van der Waals surface area contributed by atoms with Crippen molar-refractivity contribution >= 4 is 11.8 Å². The Hall–Kier alpha value is -0.540. The molecule has 0 aliphatic carbocycles. The van der Waals surface area contributed by atoms with Crippen molar-refractivity contribution in [3.8, 4) is 0 Å². The van der Waals surface area contributed by atoms with Crippen LogP contribution in [0.2, 0.25) is 0 Å². The predicted molar refractivity (Wildman–Crippen MR) is 83.1 cm³/mol. The highest BCUT2D eigenvalue weighted by Crippen LogP contribution is 2.20. The Morgan fingerprint density at radius 3 is 2.63 bits per heavy atom. The van der Waals surface area contributed by atoms with Gasteiger partial charge in [-0.3, -0.25) is 0 Å². The standard InChI is InChI=1S/C16H26FNS/c1-2-3-4-5-6-7-10-15(18)13-19-16-11-8-9-14(17)12-16/h8-9,11-12,15H,2-7,10,13,18H2,1H3. The lowest BCUT2D eigenvalue weighted by Gasteiger charge is -2.11. The van der Waals surface area contributed by atoms with E-state index in [1.54, 1.807) is 23.9 Å². The minimum atomic E-state index is -0.172. The molecule has 0 aromatic heterocycles. The smallest absolute Gasteiger partial charge is 0.124 e. The molecule has 2 N–H and O–H groups in total. The van der Waals surface area contributed by atoms with Gasteiger partial charge in [0.25, 0.3) is 0 Å². The molecule has 0 aliphatic rings. The summed E-state index contributed by atoms with van der Waals surface area (Å²) < 4.78 is 13.0. The van der Waals surface area contributed by atoms with Crippen LogP contribution in [0.15, 0.2) is 29.2 Å². The Morgan fingerprint density at radius 2 is 1.89 bits per heavy atom. The summed E-state index contributed by atoms with van der Waals surface area (Å²) in [6.07, 6.45) is 8.91. The number of hydrogen-bond acceptors (Lipinski definition) is 2. The van der Waals surface area contributed by atoms with E-state index in [1.807, 2.05) is 6.07 Å². The van der Waals surface area contributed by atoms with Gasteiger partial charge in [0.15, 0.2) is 0 Å². The van der Waals surface area contributed by atoms with Gasteiger partial charge in [0.1, 0.15) is 5.82 Å². The molecule has 1 aromatic rings. The number of benzene rings is 1. The Bertz CT molecular complexity index is 343. The van der Waals surface area contributed by atoms with Crippen LogP contribution in [0.4, 0.5) is 4.39 Å². The molecule has 0 radical (unpaired) electrons. The predicted octanol–water partition coefficient (Wildman–Crippen LogP) is 5.00. The van der Waals surface area contributed by atoms with Crippen molar-refractivity contribution in [3.63, 3.8) is 0 Å². The molecule has 3 heteroatoms. The third-order valence-electron chi connectivity index (χ3n) is 3.19. The molecule has 0 fully saturated rings. The van der Waals surface area contributed by atoms with E-state index in [4.69, 9.17) is 5.73 Å². The van der Waals surface area contributed by atoms with E-state index in [-0.39, 0.29) is 11.9 Å². The van der Waals surface area contributed by atoms with Gasteiger partial charge in [-0.15, -0.1) is 11.8 Å². The number of hydrogen-bond donors (Lipinski definition) is 1. The van der Waals surface area contributed by atoms with Crippen LogP contribution < -0.4 is 5.73 Å². The first-order valence-corrected chi connectivity index (χ1v) is 8.35. The summed E-state index contributed by atoms with van der Waals surface area (Å²) in [7, 11) is 0. The van der Waals surface area contributed by atoms with Gasteiger partial charge in [0.05, 0.1) is 0 Å². The van der Waals surface area contributed by atoms with E-state index in [0.717, 1.165) is 17.1 Å². The average molecular weight is 283 g/mol. The number of halogens is 1. The van der Waals surface area contributed by atoms with Gasteiger partial charge < -0.3 is 5.73 Å². The molecular weight excluding hydrogens is 257 g/mol. The number of nitrogens with two attached hydrogens (primary N) is 1. The molecule has 1 rings (SSSR count). The van der Waals surface area contributed by atoms with Gasteiger partial charge in [-0.1, -0.05) is 51.5 Å². The van der Waals surface area contributed by atoms with Gasteiger partial charge in [-0.2, -0.15) is 0 Å². The van der Waals surface area contributed by atoms with Gasteiger partial charge in [0.2, 0.25) is 0 Å². The lowest BCUT2D eigenvalue weighted by Crippen LogP contribution is -2.22. The summed E-state index contributed by atoms with van der Waals surface area (Å²) in [5.41, 5.74) is 6.09. The summed E-state index contributed by atoms with van der Waals surface area (Å²) in [5, 5.41) is 0. The first-order chi connectivity index (χ1) is 9.22. The Labute approximate surface area is 121 Å². The molecule has 0 spiro atoms. The van der Waals surface area contributed by atoms with Crippen LogP contribution in [-0.2, 0) is 0 Å². The maximum Gasteiger partial charge on any atom is 0.124 e. The van der Waals surface area contributed by atoms with Crippen LogP contribution in [-0.4, -0.2) is 11.8 Å². The fourth-order valence-corrected chi connectivity index (χ4v) is 2.97. The van der Waals surface area contributed by atoms with Crippen LogP contribution in [0.1, 0.15) is 51.9 Å². The largest absolute Gasteiger partial charge is 0.327 e. The fourth-order valence-electron chi connectivity index (χ4n) is 2.03. The highest BCUT2D eigenvalue weighted by atomic mass is 32.2. The van der Waals surface area contributed by atoms with Crippen molar-refractivity contribution in [2.45, 2.75) is 62.8 Å². The van der Waals surface area contributed by atoms with Crippen molar-refractivity contribution in [1.82, 2.24) is 0 Å². The highest BCUT2D eigenvalue weighted by molar-refractivity contribution is 7.99. The van der Waals surface area contributed by atoms with Crippen LogP contribution in [0.3, 0.4) is 0 Å². The second-order valence-electron chi connectivity index (χ2n) is 5.08. The van der Waals surface area contributed by atoms with Crippen molar-refractivity contribution in [2.24, 2.45) is 5.73 Å². The molecule has 108 valence electrons. The molecule has 19 heavy (non-hydrogen) atoms. The van der Waals surface area contributed by atoms with Gasteiger partial charge >= 0.3 is 0 Å². The fraction of sp³-hybridized carbons (Fsp3) is 0.625. The monoisotopic (exact) mass is 283 g/mol. The van der Waals surface area contributed by atoms with E-state index in [1.165, 1.54) is 44.6 Å². The lowest BCUT2D eigenvalue weighted by molar-refractivity contribution is 0.557. The van der Waals surface area contributed by atoms with Crippen LogP contribution in [0.5, 0.6) is 0 Å². The number of rotatable bonds is 10. The first-order valence-electron chi connectivity index (χ1n) is 7.36. The second kappa shape index (κ2) is 10.3. The van der Waals surface area contributed by atoms with E-state index >= 15 is 0 Å². The zero-order valence-corrected chi connectivity index (χ0v) is 12.7. The summed E-state index contributed by atoms with van der Waals surface area (Å²) in [4.78, 5) is 0.971. The quantitative estimate of drug-likeness (QED) is 0.483. The van der Waals surface area contributed by atoms with Gasteiger partial charge in [-0.05, 0) is 24.6 Å². The molecule has 1 unspecified atom stereocenters. The van der Waals surface area contributed by atoms with E-state index in [9.17, 15) is 4.39 Å². The van der Waals surface area contributed by atoms with Crippen LogP contribution >= 0.6 is 11.8 Å². The molecule has 0 amide bonds. The molecule has 1 nitrogen and oxygen atoms in total. The zero-order valence-electron chi connectivity index (χ0n) is 11.9. The van der Waals surface area contributed by atoms with Crippen molar-refractivity contribution < 1.29 is 4.39 Å². The Morgan fingerprint density at radius 1 is 1.16 bits per heavy atom. The van der Waals surface area contributed by atoms with E-state index in [2.05, 4.69) is 6.92 Å².